The van der Waals surface area contributed by atoms with E-state index in [9.17, 15) is 4.79 Å². The first-order chi connectivity index (χ1) is 9.02. The molecule has 0 unspecified atom stereocenters. The van der Waals surface area contributed by atoms with E-state index in [0.717, 1.165) is 4.96 Å². The molecule has 0 fully saturated rings. The van der Waals surface area contributed by atoms with Gasteiger partial charge in [0.05, 0.1) is 5.69 Å². The van der Waals surface area contributed by atoms with E-state index in [0.29, 0.717) is 5.69 Å². The number of halogens is 1. The Kier molecular flexibility index (Phi) is 3.88. The minimum atomic E-state index is -0.418. The lowest BCUT2D eigenvalue weighted by molar-refractivity contribution is -0.117. The molecule has 0 radical (unpaired) electrons. The highest BCUT2D eigenvalue weighted by atomic mass is 35.5. The van der Waals surface area contributed by atoms with Gasteiger partial charge in [-0.1, -0.05) is 11.6 Å². The van der Waals surface area contributed by atoms with Gasteiger partial charge in [-0.25, -0.2) is 4.98 Å². The second kappa shape index (κ2) is 5.43. The molecule has 5 nitrogen and oxygen atoms in total. The molecule has 0 aliphatic carbocycles. The van der Waals surface area contributed by atoms with Crippen molar-refractivity contribution in [2.45, 2.75) is 19.9 Å². The molecule has 2 heterocycles. The number of aromatic nitrogens is 2. The Balaban J connectivity index is 2.43. The van der Waals surface area contributed by atoms with Crippen LogP contribution in [0.5, 0.6) is 0 Å². The minimum absolute atomic E-state index is 0.00333. The maximum absolute atomic E-state index is 11.8. The third kappa shape index (κ3) is 2.78. The molecule has 0 aliphatic rings. The maximum Gasteiger partial charge on any atom is 0.262 e. The zero-order valence-electron chi connectivity index (χ0n) is 10.3. The Morgan fingerprint density at radius 2 is 2.42 bits per heavy atom. The van der Waals surface area contributed by atoms with E-state index in [1.807, 2.05) is 25.3 Å². The van der Waals surface area contributed by atoms with Crippen LogP contribution in [0.1, 0.15) is 19.5 Å². The summed E-state index contributed by atoms with van der Waals surface area (Å²) in [5, 5.41) is 13.9. The quantitative estimate of drug-likeness (QED) is 0.698. The van der Waals surface area contributed by atoms with Crippen LogP contribution >= 0.6 is 22.9 Å². The lowest BCUT2D eigenvalue weighted by Gasteiger charge is -2.06. The molecule has 2 rings (SSSR count). The van der Waals surface area contributed by atoms with Crippen molar-refractivity contribution in [1.29, 1.82) is 5.26 Å². The van der Waals surface area contributed by atoms with Gasteiger partial charge in [-0.3, -0.25) is 9.20 Å². The van der Waals surface area contributed by atoms with Crippen molar-refractivity contribution in [3.63, 3.8) is 0 Å². The molecule has 7 heteroatoms. The molecular formula is C12H11ClN4OS. The fourth-order valence-corrected chi connectivity index (χ4v) is 2.53. The molecule has 0 aromatic carbocycles. The molecule has 2 aromatic heterocycles. The highest BCUT2D eigenvalue weighted by Gasteiger charge is 2.14. The van der Waals surface area contributed by atoms with E-state index in [1.54, 1.807) is 10.6 Å². The zero-order valence-corrected chi connectivity index (χ0v) is 11.9. The largest absolute Gasteiger partial charge is 0.349 e. The fraction of sp³-hybridized carbons (Fsp3) is 0.250. The van der Waals surface area contributed by atoms with Crippen molar-refractivity contribution in [2.24, 2.45) is 0 Å². The zero-order chi connectivity index (χ0) is 14.0. The fourth-order valence-electron chi connectivity index (χ4n) is 1.53. The Hall–Kier alpha value is -1.84. The monoisotopic (exact) mass is 294 g/mol. The molecule has 19 heavy (non-hydrogen) atoms. The third-order valence-corrected chi connectivity index (χ3v) is 3.35. The highest BCUT2D eigenvalue weighted by molar-refractivity contribution is 7.15. The summed E-state index contributed by atoms with van der Waals surface area (Å²) in [4.78, 5) is 16.7. The van der Waals surface area contributed by atoms with Crippen molar-refractivity contribution in [3.8, 4) is 6.07 Å². The summed E-state index contributed by atoms with van der Waals surface area (Å²) in [6, 6.07) is 1.85. The van der Waals surface area contributed by atoms with Crippen LogP contribution < -0.4 is 5.32 Å². The number of thiazole rings is 1. The van der Waals surface area contributed by atoms with Crippen LogP contribution in [0.4, 0.5) is 0 Å². The van der Waals surface area contributed by atoms with E-state index in [1.165, 1.54) is 17.4 Å². The number of hydrogen-bond acceptors (Lipinski definition) is 4. The molecule has 1 N–H and O–H groups in total. The van der Waals surface area contributed by atoms with E-state index in [4.69, 9.17) is 16.9 Å². The maximum atomic E-state index is 11.8. The van der Waals surface area contributed by atoms with Gasteiger partial charge in [0.2, 0.25) is 0 Å². The van der Waals surface area contributed by atoms with Crippen molar-refractivity contribution < 1.29 is 4.79 Å². The number of carbonyl (C=O) groups is 1. The average Bonchev–Trinajstić information content (AvgIpc) is 2.86. The summed E-state index contributed by atoms with van der Waals surface area (Å²) in [5.74, 6) is -0.418. The molecule has 2 aromatic rings. The predicted molar refractivity (Wildman–Crippen MR) is 74.9 cm³/mol. The number of nitriles is 1. The van der Waals surface area contributed by atoms with Crippen LogP contribution in [-0.2, 0) is 4.79 Å². The first-order valence-corrected chi connectivity index (χ1v) is 6.82. The van der Waals surface area contributed by atoms with E-state index >= 15 is 0 Å². The van der Waals surface area contributed by atoms with Crippen molar-refractivity contribution in [1.82, 2.24) is 14.7 Å². The molecule has 0 atom stereocenters. The number of carbonyl (C=O) groups excluding carboxylic acids is 1. The molecule has 0 spiro atoms. The average molecular weight is 295 g/mol. The van der Waals surface area contributed by atoms with Crippen LogP contribution in [0.15, 0.2) is 17.2 Å². The van der Waals surface area contributed by atoms with Crippen LogP contribution in [0.2, 0.25) is 5.15 Å². The first kappa shape index (κ1) is 13.6. The van der Waals surface area contributed by atoms with Gasteiger partial charge in [-0.2, -0.15) is 5.26 Å². The molecule has 0 aliphatic heterocycles. The van der Waals surface area contributed by atoms with Crippen LogP contribution in [0.25, 0.3) is 11.0 Å². The number of fused-ring (bicyclic) bond motifs is 1. The molecule has 0 saturated heterocycles. The molecule has 1 amide bonds. The van der Waals surface area contributed by atoms with E-state index < -0.39 is 5.91 Å². The van der Waals surface area contributed by atoms with Gasteiger partial charge in [0.15, 0.2) is 10.1 Å². The smallest absolute Gasteiger partial charge is 0.262 e. The number of nitrogens with one attached hydrogen (secondary N) is 1. The SMILES string of the molecule is CC(C)NC(=O)/C(C#N)=C/c1c(Cl)nc2sccn12. The van der Waals surface area contributed by atoms with Gasteiger partial charge >= 0.3 is 0 Å². The van der Waals surface area contributed by atoms with Gasteiger partial charge < -0.3 is 5.32 Å². The Morgan fingerprint density at radius 3 is 3.05 bits per heavy atom. The number of nitrogens with zero attached hydrogens (tertiary/aromatic N) is 3. The summed E-state index contributed by atoms with van der Waals surface area (Å²) >= 11 is 7.44. The number of rotatable bonds is 3. The van der Waals surface area contributed by atoms with Crippen LogP contribution in [0.3, 0.4) is 0 Å². The first-order valence-electron chi connectivity index (χ1n) is 5.56. The molecule has 98 valence electrons. The van der Waals surface area contributed by atoms with Crippen LogP contribution in [-0.4, -0.2) is 21.3 Å². The van der Waals surface area contributed by atoms with Gasteiger partial charge in [0.1, 0.15) is 11.6 Å². The minimum Gasteiger partial charge on any atom is -0.349 e. The van der Waals surface area contributed by atoms with Gasteiger partial charge in [0, 0.05) is 17.6 Å². The van der Waals surface area contributed by atoms with E-state index in [2.05, 4.69) is 10.3 Å². The van der Waals surface area contributed by atoms with E-state index in [-0.39, 0.29) is 16.8 Å². The summed E-state index contributed by atoms with van der Waals surface area (Å²) in [7, 11) is 0. The highest BCUT2D eigenvalue weighted by Crippen LogP contribution is 2.23. The number of hydrogen-bond donors (Lipinski definition) is 1. The number of amides is 1. The van der Waals surface area contributed by atoms with Gasteiger partial charge in [-0.05, 0) is 19.9 Å². The van der Waals surface area contributed by atoms with Crippen molar-refractivity contribution >= 4 is 39.9 Å². The third-order valence-electron chi connectivity index (χ3n) is 2.32. The standard InChI is InChI=1S/C12H11ClN4OS/c1-7(2)15-11(18)8(6-14)5-9-10(13)16-12-17(9)3-4-19-12/h3-5,7H,1-2H3,(H,15,18)/b8-5+. The normalized spacial score (nSPS) is 11.8. The summed E-state index contributed by atoms with van der Waals surface area (Å²) in [6.07, 6.45) is 3.24. The second-order valence-corrected chi connectivity index (χ2v) is 5.37. The molecule has 0 bridgehead atoms. The topological polar surface area (TPSA) is 70.2 Å². The Morgan fingerprint density at radius 1 is 1.68 bits per heavy atom. The Labute approximate surface area is 119 Å². The summed E-state index contributed by atoms with van der Waals surface area (Å²) < 4.78 is 1.74. The van der Waals surface area contributed by atoms with Crippen LogP contribution in [0, 0.1) is 11.3 Å². The number of imidazole rings is 1. The van der Waals surface area contributed by atoms with Crippen molar-refractivity contribution in [2.75, 3.05) is 0 Å². The predicted octanol–water partition coefficient (Wildman–Crippen LogP) is 2.48. The lowest BCUT2D eigenvalue weighted by Crippen LogP contribution is -2.30. The molecular weight excluding hydrogens is 284 g/mol. The Bertz CT molecular complexity index is 692. The van der Waals surface area contributed by atoms with Gasteiger partial charge in [-0.15, -0.1) is 11.3 Å². The van der Waals surface area contributed by atoms with Crippen molar-refractivity contribution in [3.05, 3.63) is 28.0 Å². The van der Waals surface area contributed by atoms with Gasteiger partial charge in [0.25, 0.3) is 5.91 Å². The molecule has 0 saturated carbocycles. The second-order valence-electron chi connectivity index (χ2n) is 4.14. The lowest BCUT2D eigenvalue weighted by atomic mass is 10.2. The summed E-state index contributed by atoms with van der Waals surface area (Å²) in [6.45, 7) is 3.66. The summed E-state index contributed by atoms with van der Waals surface area (Å²) in [5.41, 5.74) is 0.539.